The molecule has 0 atom stereocenters. The summed E-state index contributed by atoms with van der Waals surface area (Å²) in [6, 6.07) is 6.32. The van der Waals surface area contributed by atoms with Gasteiger partial charge < -0.3 is 5.32 Å². The largest absolute Gasteiger partial charge is 0.318 e. The van der Waals surface area contributed by atoms with E-state index in [4.69, 9.17) is 0 Å². The lowest BCUT2D eigenvalue weighted by Crippen LogP contribution is -2.15. The summed E-state index contributed by atoms with van der Waals surface area (Å²) < 4.78 is 3.05. The molecular formula is C11H14BrN3. The van der Waals surface area contributed by atoms with Gasteiger partial charge in [-0.3, -0.25) is 4.68 Å². The number of hydrogen-bond acceptors (Lipinski definition) is 2. The van der Waals surface area contributed by atoms with Crippen molar-refractivity contribution < 1.29 is 0 Å². The number of benzene rings is 1. The number of nitrogens with zero attached hydrogens (tertiary/aromatic N) is 2. The van der Waals surface area contributed by atoms with Gasteiger partial charge in [0.15, 0.2) is 0 Å². The molecule has 0 radical (unpaired) electrons. The van der Waals surface area contributed by atoms with Crippen LogP contribution in [0.4, 0.5) is 0 Å². The SMILES string of the molecule is CNCCn1nc2cc(C)ccc2c1Br. The van der Waals surface area contributed by atoms with Gasteiger partial charge in [0.25, 0.3) is 0 Å². The molecule has 0 unspecified atom stereocenters. The molecule has 3 nitrogen and oxygen atoms in total. The quantitative estimate of drug-likeness (QED) is 0.925. The Bertz CT molecular complexity index is 476. The van der Waals surface area contributed by atoms with Crippen molar-refractivity contribution in [2.24, 2.45) is 0 Å². The van der Waals surface area contributed by atoms with E-state index < -0.39 is 0 Å². The first-order chi connectivity index (χ1) is 7.22. The van der Waals surface area contributed by atoms with E-state index in [1.54, 1.807) is 0 Å². The fraction of sp³-hybridized carbons (Fsp3) is 0.364. The first-order valence-corrected chi connectivity index (χ1v) is 5.79. The number of aryl methyl sites for hydroxylation is 1. The minimum atomic E-state index is 0.880. The van der Waals surface area contributed by atoms with Crippen molar-refractivity contribution in [1.82, 2.24) is 15.1 Å². The minimum Gasteiger partial charge on any atom is -0.318 e. The Hall–Kier alpha value is -0.870. The zero-order valence-corrected chi connectivity index (χ0v) is 10.5. The van der Waals surface area contributed by atoms with E-state index in [2.05, 4.69) is 51.5 Å². The zero-order chi connectivity index (χ0) is 10.8. The summed E-state index contributed by atoms with van der Waals surface area (Å²) >= 11 is 3.58. The number of likely N-dealkylation sites (N-methyl/N-ethyl adjacent to an activating group) is 1. The average molecular weight is 268 g/mol. The molecule has 4 heteroatoms. The van der Waals surface area contributed by atoms with Gasteiger partial charge in [-0.15, -0.1) is 0 Å². The normalized spacial score (nSPS) is 11.1. The van der Waals surface area contributed by atoms with Crippen molar-refractivity contribution in [2.75, 3.05) is 13.6 Å². The predicted molar refractivity (Wildman–Crippen MR) is 66.1 cm³/mol. The fourth-order valence-corrected chi connectivity index (χ4v) is 2.17. The van der Waals surface area contributed by atoms with Gasteiger partial charge in [0.05, 0.1) is 12.1 Å². The summed E-state index contributed by atoms with van der Waals surface area (Å²) in [6.07, 6.45) is 0. The molecule has 0 saturated heterocycles. The Morgan fingerprint density at radius 1 is 1.47 bits per heavy atom. The molecule has 1 heterocycles. The highest BCUT2D eigenvalue weighted by molar-refractivity contribution is 9.10. The van der Waals surface area contributed by atoms with Crippen LogP contribution in [0, 0.1) is 6.92 Å². The first-order valence-electron chi connectivity index (χ1n) is 4.99. The third-order valence-corrected chi connectivity index (χ3v) is 3.24. The van der Waals surface area contributed by atoms with Crippen LogP contribution in [0.15, 0.2) is 22.8 Å². The maximum Gasteiger partial charge on any atom is 0.112 e. The molecule has 1 aromatic carbocycles. The predicted octanol–water partition coefficient (Wildman–Crippen LogP) is 2.33. The number of rotatable bonds is 3. The summed E-state index contributed by atoms with van der Waals surface area (Å²) in [7, 11) is 1.95. The Kier molecular flexibility index (Phi) is 3.07. The number of fused-ring (bicyclic) bond motifs is 1. The van der Waals surface area contributed by atoms with Gasteiger partial charge in [0, 0.05) is 11.9 Å². The molecular weight excluding hydrogens is 254 g/mol. The van der Waals surface area contributed by atoms with Gasteiger partial charge in [-0.2, -0.15) is 5.10 Å². The molecule has 0 aliphatic carbocycles. The second-order valence-electron chi connectivity index (χ2n) is 3.64. The Morgan fingerprint density at radius 3 is 3.00 bits per heavy atom. The van der Waals surface area contributed by atoms with Crippen molar-refractivity contribution in [3.05, 3.63) is 28.4 Å². The highest BCUT2D eigenvalue weighted by Gasteiger charge is 2.07. The zero-order valence-electron chi connectivity index (χ0n) is 8.92. The topological polar surface area (TPSA) is 29.9 Å². The maximum atomic E-state index is 4.54. The molecule has 2 aromatic rings. The van der Waals surface area contributed by atoms with Crippen LogP contribution in [0.2, 0.25) is 0 Å². The van der Waals surface area contributed by atoms with Gasteiger partial charge in [0.2, 0.25) is 0 Å². The molecule has 80 valence electrons. The lowest BCUT2D eigenvalue weighted by molar-refractivity contribution is 0.580. The summed E-state index contributed by atoms with van der Waals surface area (Å²) in [5.41, 5.74) is 2.30. The Labute approximate surface area is 97.6 Å². The minimum absolute atomic E-state index is 0.880. The summed E-state index contributed by atoms with van der Waals surface area (Å²) in [5, 5.41) is 8.84. The van der Waals surface area contributed by atoms with Gasteiger partial charge in [-0.25, -0.2) is 0 Å². The number of halogens is 1. The summed E-state index contributed by atoms with van der Waals surface area (Å²) in [5.74, 6) is 0. The molecule has 2 rings (SSSR count). The second-order valence-corrected chi connectivity index (χ2v) is 4.39. The maximum absolute atomic E-state index is 4.54. The lowest BCUT2D eigenvalue weighted by atomic mass is 10.2. The van der Waals surface area contributed by atoms with Gasteiger partial charge in [-0.05, 0) is 47.6 Å². The van der Waals surface area contributed by atoms with Crippen molar-refractivity contribution in [3.63, 3.8) is 0 Å². The highest BCUT2D eigenvalue weighted by atomic mass is 79.9. The van der Waals surface area contributed by atoms with Gasteiger partial charge in [-0.1, -0.05) is 6.07 Å². The van der Waals surface area contributed by atoms with Gasteiger partial charge in [0.1, 0.15) is 4.60 Å². The third kappa shape index (κ3) is 2.06. The van der Waals surface area contributed by atoms with Crippen LogP contribution in [0.25, 0.3) is 10.9 Å². The van der Waals surface area contributed by atoms with Crippen LogP contribution >= 0.6 is 15.9 Å². The van der Waals surface area contributed by atoms with Gasteiger partial charge >= 0.3 is 0 Å². The molecule has 0 aliphatic heterocycles. The second kappa shape index (κ2) is 4.33. The summed E-state index contributed by atoms with van der Waals surface area (Å²) in [6.45, 7) is 3.89. The van der Waals surface area contributed by atoms with E-state index in [0.29, 0.717) is 0 Å². The van der Waals surface area contributed by atoms with Crippen molar-refractivity contribution >= 4 is 26.8 Å². The first kappa shape index (κ1) is 10.6. The fourth-order valence-electron chi connectivity index (χ4n) is 1.58. The van der Waals surface area contributed by atoms with Crippen molar-refractivity contribution in [1.29, 1.82) is 0 Å². The van der Waals surface area contributed by atoms with E-state index in [1.165, 1.54) is 10.9 Å². The number of hydrogen-bond donors (Lipinski definition) is 1. The molecule has 1 aromatic heterocycles. The molecule has 0 fully saturated rings. The van der Waals surface area contributed by atoms with Crippen LogP contribution in [0.5, 0.6) is 0 Å². The van der Waals surface area contributed by atoms with Crippen LogP contribution < -0.4 is 5.32 Å². The van der Waals surface area contributed by atoms with Crippen molar-refractivity contribution in [2.45, 2.75) is 13.5 Å². The molecule has 0 amide bonds. The number of aromatic nitrogens is 2. The van der Waals surface area contributed by atoms with Crippen LogP contribution in [0.1, 0.15) is 5.56 Å². The Morgan fingerprint density at radius 2 is 2.27 bits per heavy atom. The van der Waals surface area contributed by atoms with E-state index >= 15 is 0 Å². The van der Waals surface area contributed by atoms with Crippen LogP contribution in [0.3, 0.4) is 0 Å². The van der Waals surface area contributed by atoms with E-state index in [1.807, 2.05) is 11.7 Å². The molecule has 0 saturated carbocycles. The third-order valence-electron chi connectivity index (χ3n) is 2.40. The Balaban J connectivity index is 2.44. The number of nitrogens with one attached hydrogen (secondary N) is 1. The molecule has 1 N–H and O–H groups in total. The average Bonchev–Trinajstić information content (AvgIpc) is 2.52. The van der Waals surface area contributed by atoms with Crippen molar-refractivity contribution in [3.8, 4) is 0 Å². The summed E-state index contributed by atoms with van der Waals surface area (Å²) in [4.78, 5) is 0. The van der Waals surface area contributed by atoms with Crippen LogP contribution in [-0.2, 0) is 6.54 Å². The lowest BCUT2D eigenvalue weighted by Gasteiger charge is -2.01. The molecule has 15 heavy (non-hydrogen) atoms. The molecule has 0 aliphatic rings. The highest BCUT2D eigenvalue weighted by Crippen LogP contribution is 2.24. The van der Waals surface area contributed by atoms with Crippen LogP contribution in [-0.4, -0.2) is 23.4 Å². The molecule has 0 bridgehead atoms. The monoisotopic (exact) mass is 267 g/mol. The van der Waals surface area contributed by atoms with E-state index in [0.717, 1.165) is 23.2 Å². The molecule has 0 spiro atoms. The van der Waals surface area contributed by atoms with E-state index in [9.17, 15) is 0 Å². The standard InChI is InChI=1S/C11H14BrN3/c1-8-3-4-9-10(7-8)14-15(11(9)12)6-5-13-2/h3-4,7,13H,5-6H2,1-2H3. The van der Waals surface area contributed by atoms with E-state index in [-0.39, 0.29) is 0 Å². The smallest absolute Gasteiger partial charge is 0.112 e.